The molecule has 0 radical (unpaired) electrons. The molecule has 0 unspecified atom stereocenters. The van der Waals surface area contributed by atoms with Crippen molar-refractivity contribution in [3.05, 3.63) is 51.1 Å². The van der Waals surface area contributed by atoms with Crippen molar-refractivity contribution in [2.24, 2.45) is 0 Å². The number of thiophene rings is 1. The van der Waals surface area contributed by atoms with Gasteiger partial charge in [0.2, 0.25) is 5.91 Å². The minimum absolute atomic E-state index is 0.0134. The quantitative estimate of drug-likeness (QED) is 0.683. The van der Waals surface area contributed by atoms with Crippen molar-refractivity contribution in [3.8, 4) is 21.1 Å². The summed E-state index contributed by atoms with van der Waals surface area (Å²) in [6, 6.07) is 12.2. The van der Waals surface area contributed by atoms with Crippen molar-refractivity contribution in [1.29, 1.82) is 0 Å². The first-order valence-electron chi connectivity index (χ1n) is 6.67. The molecule has 6 heteroatoms. The summed E-state index contributed by atoms with van der Waals surface area (Å²) >= 11 is 6.79. The topological polar surface area (TPSA) is 42.0 Å². The Hall–Kier alpha value is -1.50. The van der Waals surface area contributed by atoms with Gasteiger partial charge < -0.3 is 5.32 Å². The van der Waals surface area contributed by atoms with Gasteiger partial charge in [-0.2, -0.15) is 0 Å². The zero-order valence-corrected chi connectivity index (χ0v) is 15.0. The van der Waals surface area contributed by atoms with Crippen LogP contribution in [-0.2, 0) is 11.3 Å². The molecule has 0 fully saturated rings. The molecule has 0 aliphatic rings. The summed E-state index contributed by atoms with van der Waals surface area (Å²) < 4.78 is 1.05. The molecule has 3 aromatic rings. The van der Waals surface area contributed by atoms with Crippen LogP contribution in [0.15, 0.2) is 46.3 Å². The van der Waals surface area contributed by atoms with Crippen molar-refractivity contribution in [1.82, 2.24) is 10.3 Å². The molecule has 0 aliphatic heterocycles. The molecule has 3 nitrogen and oxygen atoms in total. The third kappa shape index (κ3) is 3.63. The highest BCUT2D eigenvalue weighted by atomic mass is 79.9. The fraction of sp³-hybridized carbons (Fsp3) is 0.125. The van der Waals surface area contributed by atoms with E-state index in [-0.39, 0.29) is 5.91 Å². The van der Waals surface area contributed by atoms with E-state index in [0.29, 0.717) is 6.54 Å². The number of nitrogens with zero attached hydrogens (tertiary/aromatic N) is 1. The average molecular weight is 393 g/mol. The minimum Gasteiger partial charge on any atom is -0.351 e. The van der Waals surface area contributed by atoms with Crippen LogP contribution in [0.1, 0.15) is 11.8 Å². The van der Waals surface area contributed by atoms with Gasteiger partial charge in [-0.05, 0) is 24.3 Å². The molecule has 0 atom stereocenters. The van der Waals surface area contributed by atoms with Crippen molar-refractivity contribution in [3.63, 3.8) is 0 Å². The number of thiazole rings is 1. The highest BCUT2D eigenvalue weighted by Gasteiger charge is 2.09. The molecule has 1 aromatic carbocycles. The molecular formula is C16H13BrN2OS2. The van der Waals surface area contributed by atoms with Crippen LogP contribution >= 0.6 is 38.6 Å². The average Bonchev–Trinajstić information content (AvgIpc) is 3.14. The summed E-state index contributed by atoms with van der Waals surface area (Å²) in [4.78, 5) is 17.9. The molecule has 2 aromatic heterocycles. The molecule has 2 heterocycles. The number of nitrogens with one attached hydrogen (secondary N) is 1. The fourth-order valence-corrected chi connectivity index (χ4v) is 4.16. The Kier molecular flexibility index (Phi) is 4.71. The first kappa shape index (κ1) is 15.4. The fourth-order valence-electron chi connectivity index (χ4n) is 1.96. The monoisotopic (exact) mass is 392 g/mol. The third-order valence-corrected chi connectivity index (χ3v) is 5.49. The molecule has 0 saturated heterocycles. The predicted molar refractivity (Wildman–Crippen MR) is 96.1 cm³/mol. The second-order valence-electron chi connectivity index (χ2n) is 4.72. The summed E-state index contributed by atoms with van der Waals surface area (Å²) in [5, 5.41) is 5.89. The van der Waals surface area contributed by atoms with E-state index in [4.69, 9.17) is 4.98 Å². The van der Waals surface area contributed by atoms with Crippen molar-refractivity contribution in [2.45, 2.75) is 13.5 Å². The van der Waals surface area contributed by atoms with E-state index >= 15 is 0 Å². The van der Waals surface area contributed by atoms with Gasteiger partial charge in [0.1, 0.15) is 5.01 Å². The second kappa shape index (κ2) is 6.73. The number of carbonyl (C=O) groups excluding carboxylic acids is 1. The number of hydrogen-bond acceptors (Lipinski definition) is 4. The van der Waals surface area contributed by atoms with E-state index in [1.807, 2.05) is 18.2 Å². The first-order chi connectivity index (χ1) is 10.6. The molecule has 22 heavy (non-hydrogen) atoms. The van der Waals surface area contributed by atoms with Gasteiger partial charge in [0.25, 0.3) is 0 Å². The van der Waals surface area contributed by atoms with E-state index in [1.165, 1.54) is 6.92 Å². The molecule has 112 valence electrons. The van der Waals surface area contributed by atoms with Gasteiger partial charge in [0, 0.05) is 27.2 Å². The Bertz CT molecular complexity index is 810. The van der Waals surface area contributed by atoms with Gasteiger partial charge in [-0.25, -0.2) is 4.98 Å². The Morgan fingerprint density at radius 2 is 2.18 bits per heavy atom. The maximum Gasteiger partial charge on any atom is 0.217 e. The predicted octanol–water partition coefficient (Wildman–Crippen LogP) is 4.94. The summed E-state index contributed by atoms with van der Waals surface area (Å²) in [6.45, 7) is 2.10. The highest BCUT2D eigenvalue weighted by Crippen LogP contribution is 2.33. The molecule has 0 spiro atoms. The number of amides is 1. The summed E-state index contributed by atoms with van der Waals surface area (Å²) in [7, 11) is 0. The Morgan fingerprint density at radius 1 is 1.32 bits per heavy atom. The van der Waals surface area contributed by atoms with Crippen LogP contribution in [0.4, 0.5) is 0 Å². The van der Waals surface area contributed by atoms with Crippen LogP contribution in [-0.4, -0.2) is 10.9 Å². The maximum atomic E-state index is 11.0. The lowest BCUT2D eigenvalue weighted by Crippen LogP contribution is -2.17. The van der Waals surface area contributed by atoms with Gasteiger partial charge in [-0.15, -0.1) is 22.7 Å². The van der Waals surface area contributed by atoms with Crippen LogP contribution < -0.4 is 5.32 Å². The van der Waals surface area contributed by atoms with Crippen LogP contribution in [0.25, 0.3) is 21.1 Å². The van der Waals surface area contributed by atoms with E-state index in [9.17, 15) is 4.79 Å². The van der Waals surface area contributed by atoms with Crippen molar-refractivity contribution < 1.29 is 4.79 Å². The zero-order valence-electron chi connectivity index (χ0n) is 11.8. The molecule has 0 saturated carbocycles. The van der Waals surface area contributed by atoms with Gasteiger partial charge >= 0.3 is 0 Å². The smallest absolute Gasteiger partial charge is 0.217 e. The molecule has 1 amide bonds. The maximum absolute atomic E-state index is 11.0. The van der Waals surface area contributed by atoms with Crippen LogP contribution in [0.2, 0.25) is 0 Å². The molecule has 0 bridgehead atoms. The zero-order chi connectivity index (χ0) is 15.5. The van der Waals surface area contributed by atoms with Crippen molar-refractivity contribution in [2.75, 3.05) is 0 Å². The molecule has 3 rings (SSSR count). The van der Waals surface area contributed by atoms with Crippen LogP contribution in [0.5, 0.6) is 0 Å². The number of benzene rings is 1. The number of hydrogen-bond donors (Lipinski definition) is 1. The summed E-state index contributed by atoms with van der Waals surface area (Å²) in [5.74, 6) is -0.0134. The lowest BCUT2D eigenvalue weighted by Gasteiger charge is -1.97. The lowest BCUT2D eigenvalue weighted by molar-refractivity contribution is -0.119. The highest BCUT2D eigenvalue weighted by molar-refractivity contribution is 9.10. The Labute approximate surface area is 145 Å². The summed E-state index contributed by atoms with van der Waals surface area (Å²) in [6.07, 6.45) is 0. The van der Waals surface area contributed by atoms with E-state index in [2.05, 4.69) is 44.8 Å². The second-order valence-corrected chi connectivity index (χ2v) is 7.67. The third-order valence-electron chi connectivity index (χ3n) is 3.00. The van der Waals surface area contributed by atoms with Gasteiger partial charge in [0.15, 0.2) is 0 Å². The van der Waals surface area contributed by atoms with Gasteiger partial charge in [-0.1, -0.05) is 28.1 Å². The number of aromatic nitrogens is 1. The number of carbonyl (C=O) groups is 1. The molecule has 0 aliphatic carbocycles. The van der Waals surface area contributed by atoms with E-state index in [1.54, 1.807) is 22.7 Å². The van der Waals surface area contributed by atoms with E-state index in [0.717, 1.165) is 30.5 Å². The first-order valence-corrected chi connectivity index (χ1v) is 9.16. The normalized spacial score (nSPS) is 10.6. The Morgan fingerprint density at radius 3 is 2.95 bits per heavy atom. The molecule has 1 N–H and O–H groups in total. The summed E-state index contributed by atoms with van der Waals surface area (Å²) in [5.41, 5.74) is 2.10. The molecular weight excluding hydrogens is 380 g/mol. The Balaban J connectivity index is 1.80. The van der Waals surface area contributed by atoms with Gasteiger partial charge in [0.05, 0.1) is 17.1 Å². The standard InChI is InChI=1S/C16H13BrN2OS2/c1-10(20)18-8-13-5-6-15(22-13)14-9-21-16(19-14)11-3-2-4-12(17)7-11/h2-7,9H,8H2,1H3,(H,18,20). The number of rotatable bonds is 4. The minimum atomic E-state index is -0.0134. The van der Waals surface area contributed by atoms with Gasteiger partial charge in [-0.3, -0.25) is 4.79 Å². The number of halogens is 1. The SMILES string of the molecule is CC(=O)NCc1ccc(-c2csc(-c3cccc(Br)c3)n2)s1. The lowest BCUT2D eigenvalue weighted by atomic mass is 10.2. The largest absolute Gasteiger partial charge is 0.351 e. The van der Waals surface area contributed by atoms with Crippen molar-refractivity contribution >= 4 is 44.5 Å². The van der Waals surface area contributed by atoms with E-state index < -0.39 is 0 Å². The van der Waals surface area contributed by atoms with Crippen LogP contribution in [0, 0.1) is 0 Å². The van der Waals surface area contributed by atoms with Crippen LogP contribution in [0.3, 0.4) is 0 Å².